The highest BCUT2D eigenvalue weighted by atomic mass is 16.5. The molecule has 6 heteroatoms. The predicted octanol–water partition coefficient (Wildman–Crippen LogP) is 11.6. The SMILES string of the molecule is CCCCc1cccc(C(=O)c2c3c4c(c(Nc5ccccc5)cc(Oc5ccc(C(C)(C)CC(C)(C)C)cc5)c4[nH]c2=O)C(=O)c2ccccc2-3)c1. The van der Waals surface area contributed by atoms with Crippen molar-refractivity contribution >= 4 is 33.8 Å². The number of H-pyrrole nitrogens is 1. The summed E-state index contributed by atoms with van der Waals surface area (Å²) in [6, 6.07) is 34.1. The summed E-state index contributed by atoms with van der Waals surface area (Å²) in [5, 5.41) is 3.93. The second kappa shape index (κ2) is 14.0. The maximum absolute atomic E-state index is 14.5. The van der Waals surface area contributed by atoms with Gasteiger partial charge in [0.1, 0.15) is 5.75 Å². The van der Waals surface area contributed by atoms with Gasteiger partial charge < -0.3 is 15.0 Å². The number of unbranched alkanes of at least 4 members (excludes halogenated alkanes) is 1. The number of aromatic amines is 1. The molecule has 0 saturated carbocycles. The highest BCUT2D eigenvalue weighted by Gasteiger charge is 2.35. The topological polar surface area (TPSA) is 88.3 Å². The van der Waals surface area contributed by atoms with Gasteiger partial charge in [-0.3, -0.25) is 14.4 Å². The molecule has 53 heavy (non-hydrogen) atoms. The Balaban J connectivity index is 1.45. The quantitative estimate of drug-likeness (QED) is 0.131. The molecule has 5 aromatic carbocycles. The van der Waals surface area contributed by atoms with Crippen LogP contribution < -0.4 is 15.6 Å². The van der Waals surface area contributed by atoms with E-state index in [2.05, 4.69) is 64.0 Å². The van der Waals surface area contributed by atoms with E-state index in [1.54, 1.807) is 24.3 Å². The lowest BCUT2D eigenvalue weighted by molar-refractivity contribution is 0.102. The average Bonchev–Trinajstić information content (AvgIpc) is 3.13. The second-order valence-electron chi connectivity index (χ2n) is 16.0. The summed E-state index contributed by atoms with van der Waals surface area (Å²) >= 11 is 0. The van der Waals surface area contributed by atoms with E-state index in [1.165, 1.54) is 5.56 Å². The molecule has 0 saturated heterocycles. The lowest BCUT2D eigenvalue weighted by atomic mass is 9.72. The summed E-state index contributed by atoms with van der Waals surface area (Å²) in [4.78, 5) is 46.4. The maximum atomic E-state index is 14.5. The van der Waals surface area contributed by atoms with Crippen LogP contribution in [0.15, 0.2) is 114 Å². The molecule has 0 unspecified atom stereocenters. The molecule has 268 valence electrons. The molecule has 2 N–H and O–H groups in total. The summed E-state index contributed by atoms with van der Waals surface area (Å²) in [6.07, 6.45) is 3.87. The highest BCUT2D eigenvalue weighted by molar-refractivity contribution is 6.31. The molecule has 0 bridgehead atoms. The largest absolute Gasteiger partial charge is 0.455 e. The Morgan fingerprint density at radius 2 is 1.47 bits per heavy atom. The van der Waals surface area contributed by atoms with E-state index in [4.69, 9.17) is 4.74 Å². The summed E-state index contributed by atoms with van der Waals surface area (Å²) in [6.45, 7) is 13.4. The van der Waals surface area contributed by atoms with Crippen LogP contribution in [-0.2, 0) is 11.8 Å². The van der Waals surface area contributed by atoms with Crippen molar-refractivity contribution in [3.63, 3.8) is 0 Å². The summed E-state index contributed by atoms with van der Waals surface area (Å²) in [7, 11) is 0. The fourth-order valence-electron chi connectivity index (χ4n) is 7.98. The Hall–Kier alpha value is -5.75. The first-order valence-corrected chi connectivity index (χ1v) is 18.5. The Kier molecular flexibility index (Phi) is 9.41. The first-order chi connectivity index (χ1) is 25.3. The van der Waals surface area contributed by atoms with Crippen molar-refractivity contribution in [3.8, 4) is 22.6 Å². The predicted molar refractivity (Wildman–Crippen MR) is 215 cm³/mol. The van der Waals surface area contributed by atoms with Crippen LogP contribution in [0.5, 0.6) is 11.5 Å². The fourth-order valence-corrected chi connectivity index (χ4v) is 7.98. The van der Waals surface area contributed by atoms with Gasteiger partial charge in [-0.1, -0.05) is 121 Å². The van der Waals surface area contributed by atoms with Crippen LogP contribution in [0.25, 0.3) is 22.0 Å². The highest BCUT2D eigenvalue weighted by Crippen LogP contribution is 2.47. The molecule has 1 aliphatic rings. The Bertz CT molecular complexity index is 2420. The third kappa shape index (κ3) is 7.06. The number of carbonyl (C=O) groups is 2. The van der Waals surface area contributed by atoms with Crippen LogP contribution in [0.4, 0.5) is 11.4 Å². The minimum Gasteiger partial charge on any atom is -0.455 e. The number of anilines is 2. The summed E-state index contributed by atoms with van der Waals surface area (Å²) in [5.74, 6) is 0.333. The molecule has 0 aliphatic heterocycles. The zero-order valence-electron chi connectivity index (χ0n) is 31.4. The van der Waals surface area contributed by atoms with Gasteiger partial charge in [0.05, 0.1) is 22.3 Å². The Morgan fingerprint density at radius 1 is 0.774 bits per heavy atom. The van der Waals surface area contributed by atoms with E-state index in [-0.39, 0.29) is 22.2 Å². The molecule has 1 heterocycles. The molecule has 1 aliphatic carbocycles. The van der Waals surface area contributed by atoms with Crippen LogP contribution in [0.1, 0.15) is 104 Å². The number of pyridine rings is 1. The van der Waals surface area contributed by atoms with E-state index in [0.29, 0.717) is 55.9 Å². The zero-order chi connectivity index (χ0) is 37.5. The molecule has 6 aromatic rings. The monoisotopic (exact) mass is 702 g/mol. The molecule has 6 nitrogen and oxygen atoms in total. The van der Waals surface area contributed by atoms with Gasteiger partial charge in [0.25, 0.3) is 5.56 Å². The van der Waals surface area contributed by atoms with E-state index in [1.807, 2.05) is 72.8 Å². The van der Waals surface area contributed by atoms with Gasteiger partial charge in [-0.05, 0) is 77.1 Å². The Morgan fingerprint density at radius 3 is 2.17 bits per heavy atom. The number of para-hydroxylation sites is 1. The third-order valence-corrected chi connectivity index (χ3v) is 10.0. The normalized spacial score (nSPS) is 12.5. The van der Waals surface area contributed by atoms with Gasteiger partial charge in [0.15, 0.2) is 17.3 Å². The number of hydrogen-bond donors (Lipinski definition) is 2. The molecule has 0 radical (unpaired) electrons. The number of ether oxygens (including phenoxy) is 1. The van der Waals surface area contributed by atoms with Crippen molar-refractivity contribution < 1.29 is 14.3 Å². The molecule has 7 rings (SSSR count). The van der Waals surface area contributed by atoms with Crippen LogP contribution in [0, 0.1) is 5.41 Å². The van der Waals surface area contributed by atoms with E-state index in [9.17, 15) is 14.4 Å². The lowest BCUT2D eigenvalue weighted by Gasteiger charge is -2.33. The number of aryl methyl sites for hydroxylation is 1. The van der Waals surface area contributed by atoms with Crippen molar-refractivity contribution in [1.82, 2.24) is 4.98 Å². The lowest BCUT2D eigenvalue weighted by Crippen LogP contribution is -2.24. The van der Waals surface area contributed by atoms with Crippen LogP contribution in [0.3, 0.4) is 0 Å². The average molecular weight is 703 g/mol. The number of fused-ring (bicyclic) bond motifs is 2. The van der Waals surface area contributed by atoms with Crippen LogP contribution in [-0.4, -0.2) is 16.6 Å². The molecular formula is C47H46N2O4. The van der Waals surface area contributed by atoms with Gasteiger partial charge in [0.2, 0.25) is 0 Å². The standard InChI is InChI=1S/C47H46N2O4/c1-7-8-15-29-16-14-17-30(26-29)43(50)41-38-34-20-12-13-21-35(34)44(51)39-36(48-32-18-10-9-11-19-32)27-37(42(40(38)39)49-45(41)52)53-33-24-22-31(23-25-33)47(5,6)28-46(2,3)4/h9-14,16-27,48H,7-8,15,28H2,1-6H3,(H,49,52). The summed E-state index contributed by atoms with van der Waals surface area (Å²) in [5.41, 5.74) is 5.63. The number of rotatable bonds is 11. The number of benzene rings is 5. The number of hydrogen-bond acceptors (Lipinski definition) is 5. The first kappa shape index (κ1) is 35.6. The van der Waals surface area contributed by atoms with Gasteiger partial charge in [-0.15, -0.1) is 0 Å². The van der Waals surface area contributed by atoms with Crippen molar-refractivity contribution in [2.45, 2.75) is 72.6 Å². The Labute approximate surface area is 311 Å². The van der Waals surface area contributed by atoms with E-state index < -0.39 is 11.3 Å². The van der Waals surface area contributed by atoms with Crippen LogP contribution >= 0.6 is 0 Å². The van der Waals surface area contributed by atoms with E-state index >= 15 is 0 Å². The minimum absolute atomic E-state index is 0.000384. The smallest absolute Gasteiger partial charge is 0.260 e. The number of ketones is 2. The van der Waals surface area contributed by atoms with Crippen molar-refractivity contribution in [2.75, 3.05) is 5.32 Å². The maximum Gasteiger partial charge on any atom is 0.260 e. The van der Waals surface area contributed by atoms with Gasteiger partial charge >= 0.3 is 0 Å². The molecule has 0 atom stereocenters. The molecule has 0 spiro atoms. The van der Waals surface area contributed by atoms with Crippen molar-refractivity contribution in [1.29, 1.82) is 0 Å². The first-order valence-electron chi connectivity index (χ1n) is 18.5. The molecule has 0 amide bonds. The zero-order valence-corrected chi connectivity index (χ0v) is 31.4. The molecular weight excluding hydrogens is 657 g/mol. The van der Waals surface area contributed by atoms with Gasteiger partial charge in [-0.25, -0.2) is 0 Å². The molecule has 0 fully saturated rings. The summed E-state index contributed by atoms with van der Waals surface area (Å²) < 4.78 is 6.63. The van der Waals surface area contributed by atoms with Gasteiger partial charge in [0, 0.05) is 33.8 Å². The third-order valence-electron chi connectivity index (χ3n) is 10.0. The number of aromatic nitrogens is 1. The fraction of sp³-hybridized carbons (Fsp3) is 0.255. The molecule has 1 aromatic heterocycles. The van der Waals surface area contributed by atoms with Crippen molar-refractivity contribution in [2.24, 2.45) is 5.41 Å². The van der Waals surface area contributed by atoms with E-state index in [0.717, 1.165) is 36.9 Å². The van der Waals surface area contributed by atoms with Gasteiger partial charge in [-0.2, -0.15) is 0 Å². The van der Waals surface area contributed by atoms with Crippen LogP contribution in [0.2, 0.25) is 0 Å². The van der Waals surface area contributed by atoms with Crippen molar-refractivity contribution in [3.05, 3.63) is 153 Å². The minimum atomic E-state index is -0.542. The number of carbonyl (C=O) groups excluding carboxylic acids is 2. The second-order valence-corrected chi connectivity index (χ2v) is 16.0. The number of nitrogens with one attached hydrogen (secondary N) is 2.